The number of benzene rings is 3. The van der Waals surface area contributed by atoms with Crippen LogP contribution in [0.5, 0.6) is 0 Å². The van der Waals surface area contributed by atoms with Crippen molar-refractivity contribution in [2.45, 2.75) is 95.9 Å². The van der Waals surface area contributed by atoms with Gasteiger partial charge in [0.15, 0.2) is 30.9 Å². The lowest BCUT2D eigenvalue weighted by atomic mass is 9.97. The first kappa shape index (κ1) is 38.0. The SMILES string of the molecule is CC(=O)O[C@@H]1[C@@H](OC(C)=O)[C@@H](O[C@H]2[C@H](OCc3ccccc3)[C@@H](OCc3ccccc3)[C@@H](O)O[C@@H]2COCc2ccccc2)OC[C@@H]1OC(C)=O. The van der Waals surface area contributed by atoms with E-state index in [0.717, 1.165) is 16.7 Å². The number of ether oxygens (including phenoxy) is 9. The van der Waals surface area contributed by atoms with Crippen LogP contribution in [-0.4, -0.2) is 91.5 Å². The minimum atomic E-state index is -1.46. The summed E-state index contributed by atoms with van der Waals surface area (Å²) < 4.78 is 54.1. The zero-order valence-electron chi connectivity index (χ0n) is 28.7. The van der Waals surface area contributed by atoms with E-state index in [9.17, 15) is 19.5 Å². The van der Waals surface area contributed by atoms with E-state index in [2.05, 4.69) is 0 Å². The molecule has 0 aromatic heterocycles. The Morgan fingerprint density at radius 1 is 0.627 bits per heavy atom. The maximum absolute atomic E-state index is 12.4. The van der Waals surface area contributed by atoms with Gasteiger partial charge in [-0.05, 0) is 16.7 Å². The minimum Gasteiger partial charge on any atom is -0.456 e. The number of carbonyl (C=O) groups excluding carboxylic acids is 3. The molecule has 13 heteroatoms. The third kappa shape index (κ3) is 11.1. The van der Waals surface area contributed by atoms with Crippen LogP contribution < -0.4 is 0 Å². The van der Waals surface area contributed by atoms with Gasteiger partial charge in [-0.2, -0.15) is 0 Å². The van der Waals surface area contributed by atoms with E-state index in [0.29, 0.717) is 0 Å². The summed E-state index contributed by atoms with van der Waals surface area (Å²) in [5.41, 5.74) is 2.61. The average Bonchev–Trinajstić information content (AvgIpc) is 3.11. The van der Waals surface area contributed by atoms with Crippen LogP contribution in [0.4, 0.5) is 0 Å². The van der Waals surface area contributed by atoms with E-state index in [1.54, 1.807) is 0 Å². The highest BCUT2D eigenvalue weighted by molar-refractivity contribution is 5.68. The predicted molar refractivity (Wildman–Crippen MR) is 178 cm³/mol. The van der Waals surface area contributed by atoms with Crippen molar-refractivity contribution in [3.05, 3.63) is 108 Å². The highest BCUT2D eigenvalue weighted by Crippen LogP contribution is 2.33. The fourth-order valence-corrected chi connectivity index (χ4v) is 5.94. The van der Waals surface area contributed by atoms with Crippen molar-refractivity contribution in [3.63, 3.8) is 0 Å². The Balaban J connectivity index is 1.47. The van der Waals surface area contributed by atoms with Crippen LogP contribution in [0.1, 0.15) is 37.5 Å². The monoisotopic (exact) mass is 708 g/mol. The Morgan fingerprint density at radius 3 is 1.65 bits per heavy atom. The smallest absolute Gasteiger partial charge is 0.303 e. The van der Waals surface area contributed by atoms with Gasteiger partial charge in [0.1, 0.15) is 24.4 Å². The van der Waals surface area contributed by atoms with E-state index >= 15 is 0 Å². The molecule has 2 aliphatic heterocycles. The first-order valence-corrected chi connectivity index (χ1v) is 16.7. The first-order chi connectivity index (χ1) is 24.7. The standard InChI is InChI=1S/C38H44O13/c1-24(39)47-31-23-46-38(36(49-26(3)41)33(31)48-25(2)40)51-32-30(22-43-19-27-13-7-4-8-14-27)50-37(42)35(45-21-29-17-11-6-12-18-29)34(32)44-20-28-15-9-5-10-16-28/h4-18,30-38,42H,19-23H2,1-3H3/t30-,31+,32-,33+,34+,35-,36-,37+,38-/m1/s1. The largest absolute Gasteiger partial charge is 0.456 e. The number of hydrogen-bond acceptors (Lipinski definition) is 13. The lowest BCUT2D eigenvalue weighted by Crippen LogP contribution is -2.65. The second-order valence-corrected chi connectivity index (χ2v) is 12.2. The summed E-state index contributed by atoms with van der Waals surface area (Å²) in [5, 5.41) is 11.4. The maximum Gasteiger partial charge on any atom is 0.303 e. The van der Waals surface area contributed by atoms with Crippen LogP contribution in [0.25, 0.3) is 0 Å². The molecule has 0 bridgehead atoms. The fraction of sp³-hybridized carbons (Fsp3) is 0.447. The highest BCUT2D eigenvalue weighted by Gasteiger charge is 2.53. The quantitative estimate of drug-likeness (QED) is 0.181. The number of esters is 3. The number of carbonyl (C=O) groups is 3. The summed E-state index contributed by atoms with van der Waals surface area (Å²) in [5.74, 6) is -2.08. The number of aliphatic hydroxyl groups is 1. The van der Waals surface area contributed by atoms with Crippen molar-refractivity contribution in [1.82, 2.24) is 0 Å². The summed E-state index contributed by atoms with van der Waals surface area (Å²) in [7, 11) is 0. The van der Waals surface area contributed by atoms with Crippen LogP contribution >= 0.6 is 0 Å². The molecule has 2 aliphatic rings. The molecule has 274 valence electrons. The summed E-state index contributed by atoms with van der Waals surface area (Å²) in [4.78, 5) is 36.5. The lowest BCUT2D eigenvalue weighted by molar-refractivity contribution is -0.355. The molecular formula is C38H44O13. The summed E-state index contributed by atoms with van der Waals surface area (Å²) in [6, 6.07) is 28.4. The number of rotatable bonds is 15. The fourth-order valence-electron chi connectivity index (χ4n) is 5.94. The van der Waals surface area contributed by atoms with E-state index in [1.807, 2.05) is 91.0 Å². The molecule has 9 atom stereocenters. The molecule has 3 aromatic carbocycles. The van der Waals surface area contributed by atoms with Crippen LogP contribution in [0.2, 0.25) is 0 Å². The number of hydrogen-bond donors (Lipinski definition) is 1. The molecule has 0 spiro atoms. The zero-order chi connectivity index (χ0) is 36.2. The normalized spacial score (nSPS) is 27.6. The molecule has 1 N–H and O–H groups in total. The molecule has 0 unspecified atom stereocenters. The van der Waals surface area contributed by atoms with Crippen LogP contribution in [0, 0.1) is 0 Å². The van der Waals surface area contributed by atoms with Crippen molar-refractivity contribution in [2.75, 3.05) is 13.2 Å². The molecule has 51 heavy (non-hydrogen) atoms. The Morgan fingerprint density at radius 2 is 1.12 bits per heavy atom. The van der Waals surface area contributed by atoms with Gasteiger partial charge in [0.05, 0.1) is 33.0 Å². The van der Waals surface area contributed by atoms with Crippen LogP contribution in [-0.2, 0) is 76.8 Å². The summed E-state index contributed by atoms with van der Waals surface area (Å²) in [6.45, 7) is 3.72. The molecule has 5 rings (SSSR count). The molecule has 0 amide bonds. The molecule has 3 aromatic rings. The van der Waals surface area contributed by atoms with Gasteiger partial charge >= 0.3 is 17.9 Å². The van der Waals surface area contributed by atoms with Crippen LogP contribution in [0.3, 0.4) is 0 Å². The van der Waals surface area contributed by atoms with Gasteiger partial charge in [-0.3, -0.25) is 14.4 Å². The van der Waals surface area contributed by atoms with Crippen molar-refractivity contribution >= 4 is 17.9 Å². The third-order valence-corrected chi connectivity index (χ3v) is 8.17. The van der Waals surface area contributed by atoms with E-state index in [-0.39, 0.29) is 33.0 Å². The first-order valence-electron chi connectivity index (χ1n) is 16.7. The lowest BCUT2D eigenvalue weighted by Gasteiger charge is -2.47. The number of aliphatic hydroxyl groups excluding tert-OH is 1. The molecule has 2 fully saturated rings. The van der Waals surface area contributed by atoms with Gasteiger partial charge in [0.2, 0.25) is 0 Å². The van der Waals surface area contributed by atoms with Gasteiger partial charge < -0.3 is 47.7 Å². The highest BCUT2D eigenvalue weighted by atomic mass is 16.7. The molecule has 0 aliphatic carbocycles. The second-order valence-electron chi connectivity index (χ2n) is 12.2. The maximum atomic E-state index is 12.4. The Bertz CT molecular complexity index is 1520. The van der Waals surface area contributed by atoms with Gasteiger partial charge in [0, 0.05) is 20.8 Å². The Kier molecular flexibility index (Phi) is 14.1. The summed E-state index contributed by atoms with van der Waals surface area (Å²) in [6.07, 6.45) is -10.7. The third-order valence-electron chi connectivity index (χ3n) is 8.17. The second kappa shape index (κ2) is 18.9. The minimum absolute atomic E-state index is 0.0539. The van der Waals surface area contributed by atoms with Crippen molar-refractivity contribution in [3.8, 4) is 0 Å². The van der Waals surface area contributed by atoms with Gasteiger partial charge in [-0.15, -0.1) is 0 Å². The van der Waals surface area contributed by atoms with Crippen molar-refractivity contribution in [1.29, 1.82) is 0 Å². The molecule has 2 heterocycles. The van der Waals surface area contributed by atoms with Crippen molar-refractivity contribution in [2.24, 2.45) is 0 Å². The van der Waals surface area contributed by atoms with E-state index < -0.39 is 73.2 Å². The van der Waals surface area contributed by atoms with Gasteiger partial charge in [-0.25, -0.2) is 0 Å². The Hall–Kier alpha value is -4.21. The average molecular weight is 709 g/mol. The van der Waals surface area contributed by atoms with Crippen LogP contribution in [0.15, 0.2) is 91.0 Å². The van der Waals surface area contributed by atoms with Gasteiger partial charge in [-0.1, -0.05) is 91.0 Å². The topological polar surface area (TPSA) is 155 Å². The zero-order valence-corrected chi connectivity index (χ0v) is 28.7. The molecule has 2 saturated heterocycles. The predicted octanol–water partition coefficient (Wildman–Crippen LogP) is 3.63. The molecule has 13 nitrogen and oxygen atoms in total. The van der Waals surface area contributed by atoms with Crippen molar-refractivity contribution < 1.29 is 62.1 Å². The molecule has 0 radical (unpaired) electrons. The van der Waals surface area contributed by atoms with Gasteiger partial charge in [0.25, 0.3) is 0 Å². The summed E-state index contributed by atoms with van der Waals surface area (Å²) >= 11 is 0. The molecule has 0 saturated carbocycles. The van der Waals surface area contributed by atoms with E-state index in [4.69, 9.17) is 42.6 Å². The molecular weight excluding hydrogens is 664 g/mol. The Labute approximate surface area is 296 Å². The van der Waals surface area contributed by atoms with E-state index in [1.165, 1.54) is 20.8 Å².